The van der Waals surface area contributed by atoms with Crippen molar-refractivity contribution in [3.8, 4) is 0 Å². The van der Waals surface area contributed by atoms with Gasteiger partial charge in [0.25, 0.3) is 0 Å². The number of carbonyl (C=O) groups excluding carboxylic acids is 2. The summed E-state index contributed by atoms with van der Waals surface area (Å²) in [5, 5.41) is 15.0. The van der Waals surface area contributed by atoms with Crippen LogP contribution in [0.4, 0.5) is 10.5 Å². The smallest absolute Gasteiger partial charge is 0.321 e. The highest BCUT2D eigenvalue weighted by Gasteiger charge is 2.30. The van der Waals surface area contributed by atoms with Gasteiger partial charge in [0, 0.05) is 31.2 Å². The Kier molecular flexibility index (Phi) is 6.32. The predicted molar refractivity (Wildman–Crippen MR) is 101 cm³/mol. The molecule has 2 atom stereocenters. The molecule has 2 fully saturated rings. The highest BCUT2D eigenvalue weighted by atomic mass is 16.4. The minimum Gasteiger partial charge on any atom is -0.481 e. The topological polar surface area (TPSA) is 98.7 Å². The highest BCUT2D eigenvalue weighted by molar-refractivity contribution is 5.89. The predicted octanol–water partition coefficient (Wildman–Crippen LogP) is 2.82. The number of likely N-dealkylation sites (tertiary alicyclic amines) is 1. The fraction of sp³-hybridized carbons (Fsp3) is 0.550. The van der Waals surface area contributed by atoms with Crippen molar-refractivity contribution < 1.29 is 19.5 Å². The van der Waals surface area contributed by atoms with Gasteiger partial charge < -0.3 is 20.6 Å². The quantitative estimate of drug-likeness (QED) is 0.739. The summed E-state index contributed by atoms with van der Waals surface area (Å²) in [4.78, 5) is 37.5. The first-order valence-corrected chi connectivity index (χ1v) is 9.68. The van der Waals surface area contributed by atoms with E-state index in [1.54, 1.807) is 4.90 Å². The number of urea groups is 1. The standard InChI is InChI=1S/C20H27N3O4/c24-18(15-6-4-7-16(12-15)19(25)26)21-13-14-5-3-8-17(11-14)22-20(27)23-9-1-2-10-23/h3,5,8,11,15-16H,1-2,4,6-7,9-10,12-13H2,(H,21,24)(H,22,27)(H,25,26). The molecule has 27 heavy (non-hydrogen) atoms. The van der Waals surface area contributed by atoms with E-state index in [0.717, 1.165) is 44.3 Å². The lowest BCUT2D eigenvalue weighted by Crippen LogP contribution is -2.35. The van der Waals surface area contributed by atoms with Crippen LogP contribution in [0.1, 0.15) is 44.1 Å². The molecule has 7 nitrogen and oxygen atoms in total. The summed E-state index contributed by atoms with van der Waals surface area (Å²) in [7, 11) is 0. The number of amides is 3. The zero-order valence-corrected chi connectivity index (χ0v) is 15.4. The van der Waals surface area contributed by atoms with E-state index >= 15 is 0 Å². The molecule has 0 spiro atoms. The molecule has 146 valence electrons. The fourth-order valence-corrected chi connectivity index (χ4v) is 3.87. The molecular formula is C20H27N3O4. The SMILES string of the molecule is O=C(O)C1CCCC(C(=O)NCc2cccc(NC(=O)N3CCCC3)c2)C1. The number of hydrogen-bond acceptors (Lipinski definition) is 3. The Morgan fingerprint density at radius 3 is 2.56 bits per heavy atom. The van der Waals surface area contributed by atoms with Crippen LogP contribution in [-0.4, -0.2) is 41.0 Å². The van der Waals surface area contributed by atoms with E-state index in [9.17, 15) is 14.4 Å². The Hall–Kier alpha value is -2.57. The third-order valence-corrected chi connectivity index (χ3v) is 5.43. The van der Waals surface area contributed by atoms with Gasteiger partial charge in [-0.2, -0.15) is 0 Å². The van der Waals surface area contributed by atoms with Gasteiger partial charge in [0.2, 0.25) is 5.91 Å². The molecule has 1 heterocycles. The largest absolute Gasteiger partial charge is 0.481 e. The van der Waals surface area contributed by atoms with Gasteiger partial charge in [-0.1, -0.05) is 18.6 Å². The maximum atomic E-state index is 12.4. The summed E-state index contributed by atoms with van der Waals surface area (Å²) in [6, 6.07) is 7.35. The molecule has 1 saturated heterocycles. The fourth-order valence-electron chi connectivity index (χ4n) is 3.87. The van der Waals surface area contributed by atoms with Gasteiger partial charge in [0.05, 0.1) is 5.92 Å². The molecular weight excluding hydrogens is 346 g/mol. The third kappa shape index (κ3) is 5.21. The van der Waals surface area contributed by atoms with E-state index in [2.05, 4.69) is 10.6 Å². The van der Waals surface area contributed by atoms with Crippen molar-refractivity contribution in [2.75, 3.05) is 18.4 Å². The van der Waals surface area contributed by atoms with Gasteiger partial charge in [-0.3, -0.25) is 9.59 Å². The van der Waals surface area contributed by atoms with Gasteiger partial charge in [0.1, 0.15) is 0 Å². The first-order valence-electron chi connectivity index (χ1n) is 9.68. The van der Waals surface area contributed by atoms with Crippen molar-refractivity contribution in [3.05, 3.63) is 29.8 Å². The molecule has 1 aromatic rings. The van der Waals surface area contributed by atoms with Crippen LogP contribution in [0.15, 0.2) is 24.3 Å². The molecule has 0 aromatic heterocycles. The number of carbonyl (C=O) groups is 3. The molecule has 2 aliphatic rings. The van der Waals surface area contributed by atoms with Gasteiger partial charge in [-0.25, -0.2) is 4.79 Å². The molecule has 0 radical (unpaired) electrons. The van der Waals surface area contributed by atoms with Crippen LogP contribution in [0, 0.1) is 11.8 Å². The van der Waals surface area contributed by atoms with E-state index in [-0.39, 0.29) is 17.9 Å². The third-order valence-electron chi connectivity index (χ3n) is 5.43. The number of carboxylic acids is 1. The summed E-state index contributed by atoms with van der Waals surface area (Å²) >= 11 is 0. The van der Waals surface area contributed by atoms with Crippen LogP contribution in [0.25, 0.3) is 0 Å². The van der Waals surface area contributed by atoms with E-state index in [4.69, 9.17) is 5.11 Å². The second kappa shape index (κ2) is 8.88. The van der Waals surface area contributed by atoms with E-state index in [0.29, 0.717) is 25.1 Å². The van der Waals surface area contributed by atoms with Crippen LogP contribution in [0.2, 0.25) is 0 Å². The lowest BCUT2D eigenvalue weighted by molar-refractivity contribution is -0.144. The minimum atomic E-state index is -0.811. The van der Waals surface area contributed by atoms with Crippen molar-refractivity contribution in [1.82, 2.24) is 10.2 Å². The lowest BCUT2D eigenvalue weighted by atomic mass is 9.81. The number of anilines is 1. The molecule has 1 aliphatic heterocycles. The summed E-state index contributed by atoms with van der Waals surface area (Å²) in [6.07, 6.45) is 4.66. The summed E-state index contributed by atoms with van der Waals surface area (Å²) < 4.78 is 0. The molecule has 2 unspecified atom stereocenters. The summed E-state index contributed by atoms with van der Waals surface area (Å²) in [5.41, 5.74) is 1.61. The Labute approximate surface area is 159 Å². The molecule has 0 bridgehead atoms. The number of aliphatic carboxylic acids is 1. The zero-order chi connectivity index (χ0) is 19.2. The maximum Gasteiger partial charge on any atom is 0.321 e. The van der Waals surface area contributed by atoms with Gasteiger partial charge >= 0.3 is 12.0 Å². The van der Waals surface area contributed by atoms with Crippen molar-refractivity contribution >= 4 is 23.6 Å². The highest BCUT2D eigenvalue weighted by Crippen LogP contribution is 2.29. The van der Waals surface area contributed by atoms with Gasteiger partial charge in [-0.15, -0.1) is 0 Å². The second-order valence-electron chi connectivity index (χ2n) is 7.44. The number of nitrogens with one attached hydrogen (secondary N) is 2. The Bertz CT molecular complexity index is 700. The van der Waals surface area contributed by atoms with E-state index in [1.807, 2.05) is 24.3 Å². The maximum absolute atomic E-state index is 12.4. The molecule has 1 aromatic carbocycles. The number of rotatable bonds is 5. The molecule has 1 saturated carbocycles. The Morgan fingerprint density at radius 1 is 1.07 bits per heavy atom. The number of carboxylic acid groups (broad SMARTS) is 1. The van der Waals surface area contributed by atoms with Crippen molar-refractivity contribution in [1.29, 1.82) is 0 Å². The first kappa shape index (κ1) is 19.2. The number of benzene rings is 1. The first-order chi connectivity index (χ1) is 13.0. The van der Waals surface area contributed by atoms with Gasteiger partial charge in [-0.05, 0) is 49.8 Å². The van der Waals surface area contributed by atoms with Crippen LogP contribution < -0.4 is 10.6 Å². The average Bonchev–Trinajstić information content (AvgIpc) is 3.21. The van der Waals surface area contributed by atoms with Crippen molar-refractivity contribution in [3.63, 3.8) is 0 Å². The molecule has 3 amide bonds. The monoisotopic (exact) mass is 373 g/mol. The number of nitrogens with zero attached hydrogens (tertiary/aromatic N) is 1. The van der Waals surface area contributed by atoms with Gasteiger partial charge in [0.15, 0.2) is 0 Å². The van der Waals surface area contributed by atoms with Crippen molar-refractivity contribution in [2.24, 2.45) is 11.8 Å². The van der Waals surface area contributed by atoms with E-state index < -0.39 is 11.9 Å². The normalized spacial score (nSPS) is 22.3. The van der Waals surface area contributed by atoms with Crippen LogP contribution >= 0.6 is 0 Å². The summed E-state index contributed by atoms with van der Waals surface area (Å²) in [5.74, 6) is -1.56. The van der Waals surface area contributed by atoms with Crippen LogP contribution in [0.3, 0.4) is 0 Å². The van der Waals surface area contributed by atoms with Crippen molar-refractivity contribution in [2.45, 2.75) is 45.1 Å². The lowest BCUT2D eigenvalue weighted by Gasteiger charge is -2.25. The molecule has 7 heteroatoms. The minimum absolute atomic E-state index is 0.0874. The summed E-state index contributed by atoms with van der Waals surface area (Å²) in [6.45, 7) is 1.95. The zero-order valence-electron chi connectivity index (χ0n) is 15.4. The van der Waals surface area contributed by atoms with Crippen LogP contribution in [0.5, 0.6) is 0 Å². The molecule has 3 N–H and O–H groups in total. The Balaban J connectivity index is 1.51. The Morgan fingerprint density at radius 2 is 1.81 bits per heavy atom. The second-order valence-corrected chi connectivity index (χ2v) is 7.44. The molecule has 1 aliphatic carbocycles. The number of hydrogen-bond donors (Lipinski definition) is 3. The average molecular weight is 373 g/mol. The van der Waals surface area contributed by atoms with E-state index in [1.165, 1.54) is 0 Å². The molecule has 3 rings (SSSR count). The van der Waals surface area contributed by atoms with Crippen LogP contribution in [-0.2, 0) is 16.1 Å².